The molecule has 1 aromatic carbocycles. The average Bonchev–Trinajstić information content (AvgIpc) is 3.68. The van der Waals surface area contributed by atoms with Gasteiger partial charge in [0.25, 0.3) is 5.91 Å². The first kappa shape index (κ1) is 52.9. The van der Waals surface area contributed by atoms with Gasteiger partial charge in [-0.05, 0) is 87.5 Å². The van der Waals surface area contributed by atoms with E-state index in [0.717, 1.165) is 103 Å². The number of hydrogen-bond acceptors (Lipinski definition) is 15. The highest BCUT2D eigenvalue weighted by molar-refractivity contribution is 7.10. The van der Waals surface area contributed by atoms with Crippen molar-refractivity contribution in [3.05, 3.63) is 52.1 Å². The van der Waals surface area contributed by atoms with Gasteiger partial charge in [0, 0.05) is 105 Å². The second kappa shape index (κ2) is 22.6. The number of amides is 2. The second-order valence-corrected chi connectivity index (χ2v) is 23.4. The lowest BCUT2D eigenvalue weighted by molar-refractivity contribution is -0.156. The van der Waals surface area contributed by atoms with Crippen molar-refractivity contribution in [3.8, 4) is 22.5 Å². The maximum atomic E-state index is 14.9. The fraction of sp³-hybridized carbons (Fsp3) is 0.661. The number of carbonyl (C=O) groups is 3. The van der Waals surface area contributed by atoms with Crippen LogP contribution in [0.25, 0.3) is 33.4 Å². The number of ether oxygens (including phenoxy) is 6. The van der Waals surface area contributed by atoms with E-state index in [0.29, 0.717) is 69.1 Å². The number of nitrogens with zero attached hydrogens (tertiary/aromatic N) is 6. The van der Waals surface area contributed by atoms with Crippen molar-refractivity contribution in [2.75, 3.05) is 91.0 Å². The number of anilines is 1. The summed E-state index contributed by atoms with van der Waals surface area (Å²) in [6, 6.07) is 7.46. The van der Waals surface area contributed by atoms with Crippen LogP contribution in [-0.2, 0) is 55.8 Å². The molecule has 4 saturated heterocycles. The van der Waals surface area contributed by atoms with Gasteiger partial charge in [-0.25, -0.2) is 10.4 Å². The molecule has 0 spiro atoms. The molecule has 2 amide bonds. The van der Waals surface area contributed by atoms with Gasteiger partial charge >= 0.3 is 5.97 Å². The summed E-state index contributed by atoms with van der Waals surface area (Å²) in [6.45, 7) is 23.1. The number of esters is 1. The quantitative estimate of drug-likeness (QED) is 0.124. The molecule has 74 heavy (non-hydrogen) atoms. The van der Waals surface area contributed by atoms with Gasteiger partial charge in [0.05, 0.1) is 73.6 Å². The molecule has 2 N–H and O–H groups in total. The molecular weight excluding hydrogens is 961 g/mol. The highest BCUT2D eigenvalue weighted by Gasteiger charge is 2.54. The first-order chi connectivity index (χ1) is 35.7. The Labute approximate surface area is 440 Å². The number of cyclic esters (lactones) is 1. The summed E-state index contributed by atoms with van der Waals surface area (Å²) in [4.78, 5) is 58.9. The number of nitrogens with one attached hydrogen (secondary N) is 2. The topological polar surface area (TPSA) is 171 Å². The zero-order chi connectivity index (χ0) is 51.8. The maximum Gasteiger partial charge on any atom is 0.324 e. The minimum Gasteiger partial charge on any atom is -0.464 e. The lowest BCUT2D eigenvalue weighted by Gasteiger charge is -2.43. The minimum atomic E-state index is -1.11. The van der Waals surface area contributed by atoms with Crippen LogP contribution in [0.15, 0.2) is 35.8 Å². The van der Waals surface area contributed by atoms with Gasteiger partial charge < -0.3 is 43.2 Å². The summed E-state index contributed by atoms with van der Waals surface area (Å²) < 4.78 is 39.2. The van der Waals surface area contributed by atoms with Crippen molar-refractivity contribution in [1.82, 2.24) is 35.2 Å². The monoisotopic (exact) mass is 1040 g/mol. The Kier molecular flexibility index (Phi) is 16.1. The third kappa shape index (κ3) is 11.0. The average molecular weight is 1040 g/mol. The number of pyridine rings is 1. The molecule has 1 aliphatic carbocycles. The summed E-state index contributed by atoms with van der Waals surface area (Å²) >= 11 is 1.42. The Hall–Kier alpha value is -4.53. The van der Waals surface area contributed by atoms with E-state index >= 15 is 0 Å². The normalized spacial score (nSPS) is 26.7. The molecule has 17 nitrogen and oxygen atoms in total. The Bertz CT molecular complexity index is 2640. The van der Waals surface area contributed by atoms with Gasteiger partial charge in [-0.15, -0.1) is 11.3 Å². The van der Waals surface area contributed by atoms with Crippen LogP contribution < -0.4 is 15.6 Å². The van der Waals surface area contributed by atoms with Crippen LogP contribution in [0.3, 0.4) is 0 Å². The predicted molar refractivity (Wildman–Crippen MR) is 283 cm³/mol. The Morgan fingerprint density at radius 1 is 1.01 bits per heavy atom. The minimum absolute atomic E-state index is 0.117. The lowest BCUT2D eigenvalue weighted by Crippen LogP contribution is -2.61. The number of carbonyl (C=O) groups excluding carboxylic acids is 3. The molecule has 18 heteroatoms. The molecule has 6 aliphatic rings. The first-order valence-corrected chi connectivity index (χ1v) is 28.2. The first-order valence-electron chi connectivity index (χ1n) is 27.3. The third-order valence-corrected chi connectivity index (χ3v) is 17.4. The van der Waals surface area contributed by atoms with Gasteiger partial charge in [-0.3, -0.25) is 29.3 Å². The van der Waals surface area contributed by atoms with Crippen molar-refractivity contribution in [2.24, 2.45) is 29.1 Å². The molecular formula is C56H78N8O9S. The standard InChI is InChI=1S/C56H78N8O9S/c1-9-71-51-49(59-52(65)47-34(4)46(47)33(2)3)54(66)64-16-10-11-43(60-64)55(67)73-32-56(6,7)27-42-40-25-36(44-31-74-53(51)58-44)12-13-45(40)63(21-24-72-39-14-22-69-23-15-39)50(42)41-26-37(28-57-48(41)35(5)68-8)61-17-19-62(20-18-61)38-29-70-30-38/h12-13,25-26,28,31,33-35,38-39,43,46-47,49,51,60H,9-11,14-24,27,29-30,32H2,1-8H3,(H,59,65)/t34-,35+,43+,46+,47+,49+,51+/m1/s1. The van der Waals surface area contributed by atoms with E-state index in [4.69, 9.17) is 38.4 Å². The van der Waals surface area contributed by atoms with Gasteiger partial charge in [0.2, 0.25) is 5.91 Å². The van der Waals surface area contributed by atoms with E-state index in [2.05, 4.69) is 90.9 Å². The number of hydrazine groups is 1. The van der Waals surface area contributed by atoms with Crippen molar-refractivity contribution in [2.45, 2.75) is 124 Å². The molecule has 0 radical (unpaired) electrons. The molecule has 3 aromatic heterocycles. The van der Waals surface area contributed by atoms with Crippen LogP contribution in [0.4, 0.5) is 5.69 Å². The third-order valence-electron chi connectivity index (χ3n) is 16.5. The van der Waals surface area contributed by atoms with E-state index in [1.54, 1.807) is 7.11 Å². The molecule has 10 rings (SSSR count). The van der Waals surface area contributed by atoms with Gasteiger partial charge in [-0.2, -0.15) is 0 Å². The highest BCUT2D eigenvalue weighted by Crippen LogP contribution is 2.51. The molecule has 402 valence electrons. The van der Waals surface area contributed by atoms with Crippen LogP contribution >= 0.6 is 11.3 Å². The van der Waals surface area contributed by atoms with Crippen molar-refractivity contribution < 1.29 is 42.8 Å². The summed E-state index contributed by atoms with van der Waals surface area (Å²) in [7, 11) is 1.73. The Morgan fingerprint density at radius 3 is 2.50 bits per heavy atom. The summed E-state index contributed by atoms with van der Waals surface area (Å²) in [5.41, 5.74) is 10.3. The van der Waals surface area contributed by atoms with E-state index in [1.807, 2.05) is 18.5 Å². The molecule has 8 heterocycles. The smallest absolute Gasteiger partial charge is 0.324 e. The predicted octanol–water partition coefficient (Wildman–Crippen LogP) is 6.97. The Morgan fingerprint density at radius 2 is 1.80 bits per heavy atom. The Balaban J connectivity index is 1.11. The fourth-order valence-corrected chi connectivity index (χ4v) is 13.1. The van der Waals surface area contributed by atoms with Gasteiger partial charge in [0.15, 0.2) is 0 Å². The maximum absolute atomic E-state index is 14.9. The summed E-state index contributed by atoms with van der Waals surface area (Å²) in [6.07, 6.45) is 4.23. The molecule has 4 aromatic rings. The molecule has 7 atom stereocenters. The number of aromatic nitrogens is 3. The number of methoxy groups -OCH3 is 1. The fourth-order valence-electron chi connectivity index (χ4n) is 12.2. The number of thiazole rings is 1. The number of benzene rings is 1. The zero-order valence-corrected chi connectivity index (χ0v) is 45.5. The summed E-state index contributed by atoms with van der Waals surface area (Å²) in [5, 5.41) is 8.29. The van der Waals surface area contributed by atoms with Crippen LogP contribution in [0.1, 0.15) is 103 Å². The number of rotatable bonds is 14. The number of piperazine rings is 1. The van der Waals surface area contributed by atoms with Crippen molar-refractivity contribution in [1.29, 1.82) is 0 Å². The van der Waals surface area contributed by atoms with E-state index in [-0.39, 0.29) is 55.0 Å². The van der Waals surface area contributed by atoms with Crippen LogP contribution in [-0.4, -0.2) is 153 Å². The van der Waals surface area contributed by atoms with E-state index in [9.17, 15) is 14.4 Å². The lowest BCUT2D eigenvalue weighted by atomic mass is 9.84. The van der Waals surface area contributed by atoms with Gasteiger partial charge in [0.1, 0.15) is 23.2 Å². The van der Waals surface area contributed by atoms with Gasteiger partial charge in [-0.1, -0.05) is 40.7 Å². The number of hydrogen-bond donors (Lipinski definition) is 2. The zero-order valence-electron chi connectivity index (χ0n) is 44.7. The second-order valence-electron chi connectivity index (χ2n) is 22.5. The van der Waals surface area contributed by atoms with Crippen molar-refractivity contribution in [3.63, 3.8) is 0 Å². The molecule has 5 aliphatic heterocycles. The van der Waals surface area contributed by atoms with Crippen molar-refractivity contribution >= 4 is 45.7 Å². The molecule has 5 fully saturated rings. The molecule has 0 unspecified atom stereocenters. The number of fused-ring (bicyclic) bond motifs is 6. The molecule has 6 bridgehead atoms. The largest absolute Gasteiger partial charge is 0.464 e. The van der Waals surface area contributed by atoms with E-state index in [1.165, 1.54) is 16.3 Å². The highest BCUT2D eigenvalue weighted by atomic mass is 32.1. The van der Waals surface area contributed by atoms with Crippen LogP contribution in [0, 0.1) is 29.1 Å². The SMILES string of the molecule is CCO[C@@H]1c2nc(cs2)-c2ccc3c(c2)c(c(-c2cc(N4CCN(C5COC5)CC4)cnc2[C@H](C)OC)n3CCOC2CCOCC2)CC(C)(C)COC(=O)[C@@H]2CCCN(N2)C(=O)[C@H]1NC(=O)[C@H]1[C@H](C)[C@@H]1C(C)C. The van der Waals surface area contributed by atoms with Crippen LogP contribution in [0.2, 0.25) is 0 Å². The van der Waals surface area contributed by atoms with E-state index < -0.39 is 29.6 Å². The van der Waals surface area contributed by atoms with Crippen LogP contribution in [0.5, 0.6) is 0 Å². The summed E-state index contributed by atoms with van der Waals surface area (Å²) in [5.74, 6) is -0.465. The molecule has 1 saturated carbocycles.